The van der Waals surface area contributed by atoms with Crippen molar-refractivity contribution < 1.29 is 17.9 Å². The number of benzene rings is 3. The number of ether oxygens (including phenoxy) is 1. The molecular weight excluding hydrogens is 514 g/mol. The Morgan fingerprint density at radius 2 is 1.50 bits per heavy atom. The number of rotatable bonds is 6. The molecule has 3 aromatic carbocycles. The minimum Gasteiger partial charge on any atom is -0.483 e. The minimum absolute atomic E-state index is 0.0244. The Kier molecular flexibility index (Phi) is 7.32. The second-order valence-electron chi connectivity index (χ2n) is 7.55. The summed E-state index contributed by atoms with van der Waals surface area (Å²) >= 11 is 9.70. The lowest BCUT2D eigenvalue weighted by Crippen LogP contribution is -2.40. The molecule has 3 rings (SSSR count). The van der Waals surface area contributed by atoms with Crippen LogP contribution in [-0.4, -0.2) is 20.9 Å². The number of nitrogens with zero attached hydrogens (tertiary/aromatic N) is 1. The largest absolute Gasteiger partial charge is 0.483 e. The van der Waals surface area contributed by atoms with Crippen LogP contribution < -0.4 is 9.04 Å². The molecule has 0 radical (unpaired) electrons. The number of sulfonamides is 1. The fourth-order valence-electron chi connectivity index (χ4n) is 3.12. The lowest BCUT2D eigenvalue weighted by Gasteiger charge is -2.23. The molecule has 5 nitrogen and oxygen atoms in total. The number of carbonyl (C=O) groups is 1. The molecule has 32 heavy (non-hydrogen) atoms. The summed E-state index contributed by atoms with van der Waals surface area (Å²) in [4.78, 5) is 13.2. The van der Waals surface area contributed by atoms with Crippen LogP contribution >= 0.6 is 27.5 Å². The van der Waals surface area contributed by atoms with Gasteiger partial charge < -0.3 is 4.74 Å². The molecule has 3 aromatic rings. The van der Waals surface area contributed by atoms with Crippen molar-refractivity contribution in [2.75, 3.05) is 10.9 Å². The van der Waals surface area contributed by atoms with E-state index in [0.29, 0.717) is 15.2 Å². The summed E-state index contributed by atoms with van der Waals surface area (Å²) in [5, 5.41) is 0.596. The molecule has 0 heterocycles. The SMILES string of the molecule is Cc1ccc(N(C(=O)COc2cc(C)c(Cl)c(C)c2Br)S(=O)(=O)c2ccc(C)cc2)cc1. The van der Waals surface area contributed by atoms with Crippen LogP contribution in [0.2, 0.25) is 5.02 Å². The Morgan fingerprint density at radius 3 is 2.06 bits per heavy atom. The van der Waals surface area contributed by atoms with Gasteiger partial charge in [0.25, 0.3) is 15.9 Å². The fourth-order valence-corrected chi connectivity index (χ4v) is 5.22. The molecule has 0 aliphatic carbocycles. The number of aryl methyl sites for hydroxylation is 3. The van der Waals surface area contributed by atoms with Gasteiger partial charge in [0, 0.05) is 5.02 Å². The number of amides is 1. The first kappa shape index (κ1) is 24.3. The van der Waals surface area contributed by atoms with Gasteiger partial charge in [0.05, 0.1) is 15.1 Å². The average Bonchev–Trinajstić information content (AvgIpc) is 2.75. The van der Waals surface area contributed by atoms with E-state index in [1.54, 1.807) is 42.5 Å². The zero-order valence-corrected chi connectivity index (χ0v) is 21.3. The third-order valence-corrected chi connectivity index (χ3v) is 8.30. The lowest BCUT2D eigenvalue weighted by atomic mass is 10.1. The van der Waals surface area contributed by atoms with Crippen LogP contribution in [0, 0.1) is 27.7 Å². The van der Waals surface area contributed by atoms with E-state index in [9.17, 15) is 13.2 Å². The van der Waals surface area contributed by atoms with Crippen molar-refractivity contribution in [2.45, 2.75) is 32.6 Å². The molecule has 0 unspecified atom stereocenters. The molecule has 0 N–H and O–H groups in total. The molecule has 0 atom stereocenters. The highest BCUT2D eigenvalue weighted by Gasteiger charge is 2.31. The number of anilines is 1. The first-order valence-corrected chi connectivity index (χ1v) is 12.4. The Bertz CT molecular complexity index is 1260. The van der Waals surface area contributed by atoms with Gasteiger partial charge >= 0.3 is 0 Å². The zero-order valence-electron chi connectivity index (χ0n) is 18.1. The lowest BCUT2D eigenvalue weighted by molar-refractivity contribution is -0.119. The predicted octanol–water partition coefficient (Wildman–Crippen LogP) is 6.14. The van der Waals surface area contributed by atoms with Crippen LogP contribution in [0.5, 0.6) is 5.75 Å². The summed E-state index contributed by atoms with van der Waals surface area (Å²) in [7, 11) is -4.15. The van der Waals surface area contributed by atoms with E-state index in [0.717, 1.165) is 26.6 Å². The quantitative estimate of drug-likeness (QED) is 0.380. The van der Waals surface area contributed by atoms with E-state index in [1.807, 2.05) is 27.7 Å². The van der Waals surface area contributed by atoms with Gasteiger partial charge in [-0.2, -0.15) is 4.31 Å². The highest BCUT2D eigenvalue weighted by atomic mass is 79.9. The van der Waals surface area contributed by atoms with Crippen LogP contribution in [0.25, 0.3) is 0 Å². The van der Waals surface area contributed by atoms with E-state index >= 15 is 0 Å². The highest BCUT2D eigenvalue weighted by molar-refractivity contribution is 9.10. The Hall–Kier alpha value is -2.35. The molecule has 0 fully saturated rings. The van der Waals surface area contributed by atoms with Crippen LogP contribution in [0.15, 0.2) is 64.0 Å². The molecule has 0 aliphatic heterocycles. The van der Waals surface area contributed by atoms with Crippen molar-refractivity contribution in [2.24, 2.45) is 0 Å². The van der Waals surface area contributed by atoms with Crippen LogP contribution in [-0.2, 0) is 14.8 Å². The van der Waals surface area contributed by atoms with Crippen molar-refractivity contribution in [3.05, 3.63) is 86.3 Å². The van der Waals surface area contributed by atoms with E-state index in [4.69, 9.17) is 16.3 Å². The van der Waals surface area contributed by atoms with Crippen molar-refractivity contribution in [1.29, 1.82) is 0 Å². The van der Waals surface area contributed by atoms with Crippen molar-refractivity contribution in [1.82, 2.24) is 0 Å². The summed E-state index contributed by atoms with van der Waals surface area (Å²) in [5.74, 6) is -0.305. The van der Waals surface area contributed by atoms with Gasteiger partial charge in [0.15, 0.2) is 6.61 Å². The van der Waals surface area contributed by atoms with Gasteiger partial charge in [-0.15, -0.1) is 0 Å². The normalized spacial score (nSPS) is 11.3. The van der Waals surface area contributed by atoms with Gasteiger partial charge in [0.1, 0.15) is 5.75 Å². The first-order chi connectivity index (χ1) is 15.0. The number of carbonyl (C=O) groups excluding carboxylic acids is 1. The molecule has 0 bridgehead atoms. The second-order valence-corrected chi connectivity index (χ2v) is 10.5. The monoisotopic (exact) mass is 535 g/mol. The third-order valence-electron chi connectivity index (χ3n) is 4.97. The zero-order chi connectivity index (χ0) is 23.6. The molecule has 168 valence electrons. The van der Waals surface area contributed by atoms with Gasteiger partial charge in [-0.25, -0.2) is 8.42 Å². The summed E-state index contributed by atoms with van der Waals surface area (Å²) in [5.41, 5.74) is 3.67. The van der Waals surface area contributed by atoms with E-state index < -0.39 is 22.5 Å². The molecule has 0 aromatic heterocycles. The van der Waals surface area contributed by atoms with Crippen molar-refractivity contribution in [3.8, 4) is 5.75 Å². The summed E-state index contributed by atoms with van der Waals surface area (Å²) < 4.78 is 34.0. The van der Waals surface area contributed by atoms with E-state index in [-0.39, 0.29) is 10.6 Å². The second kappa shape index (κ2) is 9.65. The van der Waals surface area contributed by atoms with Crippen LogP contribution in [0.1, 0.15) is 22.3 Å². The van der Waals surface area contributed by atoms with Gasteiger partial charge in [-0.05, 0) is 85.1 Å². The van der Waals surface area contributed by atoms with Crippen molar-refractivity contribution in [3.63, 3.8) is 0 Å². The highest BCUT2D eigenvalue weighted by Crippen LogP contribution is 2.36. The summed E-state index contributed by atoms with van der Waals surface area (Å²) in [6, 6.07) is 14.8. The minimum atomic E-state index is -4.15. The first-order valence-electron chi connectivity index (χ1n) is 9.82. The Morgan fingerprint density at radius 1 is 0.969 bits per heavy atom. The maximum atomic E-state index is 13.4. The van der Waals surface area contributed by atoms with Crippen LogP contribution in [0.3, 0.4) is 0 Å². The van der Waals surface area contributed by atoms with Gasteiger partial charge in [-0.3, -0.25) is 4.79 Å². The molecular formula is C24H23BrClNO4S. The standard InChI is InChI=1S/C24H23BrClNO4S/c1-15-5-9-19(10-6-15)27(32(29,30)20-11-7-16(2)8-12-20)22(28)14-31-21-13-17(3)24(26)18(4)23(21)25/h5-13H,14H2,1-4H3. The smallest absolute Gasteiger partial charge is 0.278 e. The maximum absolute atomic E-state index is 13.4. The molecule has 8 heteroatoms. The third kappa shape index (κ3) is 5.00. The maximum Gasteiger partial charge on any atom is 0.278 e. The van der Waals surface area contributed by atoms with Crippen molar-refractivity contribution >= 4 is 49.1 Å². The molecule has 0 aliphatic rings. The molecule has 0 spiro atoms. The average molecular weight is 537 g/mol. The fraction of sp³-hybridized carbons (Fsp3) is 0.208. The molecule has 1 amide bonds. The van der Waals surface area contributed by atoms with Gasteiger partial charge in [-0.1, -0.05) is 47.0 Å². The van der Waals surface area contributed by atoms with E-state index in [1.165, 1.54) is 12.1 Å². The topological polar surface area (TPSA) is 63.7 Å². The number of halogens is 2. The Labute approximate surface area is 202 Å². The van der Waals surface area contributed by atoms with Gasteiger partial charge in [0.2, 0.25) is 0 Å². The number of hydrogen-bond acceptors (Lipinski definition) is 4. The summed E-state index contributed by atoms with van der Waals surface area (Å²) in [6.45, 7) is 6.93. The predicted molar refractivity (Wildman–Crippen MR) is 131 cm³/mol. The number of hydrogen-bond donors (Lipinski definition) is 0. The van der Waals surface area contributed by atoms with Crippen LogP contribution in [0.4, 0.5) is 5.69 Å². The summed E-state index contributed by atoms with van der Waals surface area (Å²) in [6.07, 6.45) is 0. The molecule has 0 saturated heterocycles. The molecule has 0 saturated carbocycles. The Balaban J connectivity index is 1.98. The van der Waals surface area contributed by atoms with E-state index in [2.05, 4.69) is 15.9 Å².